The van der Waals surface area contributed by atoms with Gasteiger partial charge in [-0.2, -0.15) is 4.57 Å². The van der Waals surface area contributed by atoms with E-state index < -0.39 is 0 Å². The van der Waals surface area contributed by atoms with Crippen LogP contribution < -0.4 is 10.0 Å². The molecule has 0 bridgehead atoms. The zero-order valence-corrected chi connectivity index (χ0v) is 16.2. The molecular formula is C19H32BN2O3+. The van der Waals surface area contributed by atoms with Gasteiger partial charge in [-0.05, 0) is 59.1 Å². The number of hydrogen-bond donors (Lipinski definition) is 0. The largest absolute Gasteiger partial charge is 0.495 e. The molecule has 3 heterocycles. The maximum Gasteiger partial charge on any atom is 0.495 e. The second-order valence-corrected chi connectivity index (χ2v) is 8.17. The highest BCUT2D eigenvalue weighted by Crippen LogP contribution is 2.36. The third-order valence-electron chi connectivity index (χ3n) is 5.68. The zero-order valence-electron chi connectivity index (χ0n) is 16.2. The Labute approximate surface area is 152 Å². The van der Waals surface area contributed by atoms with Gasteiger partial charge in [0.15, 0.2) is 12.4 Å². The van der Waals surface area contributed by atoms with Crippen molar-refractivity contribution in [3.63, 3.8) is 0 Å². The molecule has 2 aliphatic rings. The topological polar surface area (TPSA) is 34.8 Å². The van der Waals surface area contributed by atoms with Crippen LogP contribution in [-0.2, 0) is 20.8 Å². The normalized spacial score (nSPS) is 23.1. The van der Waals surface area contributed by atoms with Crippen LogP contribution in [0, 0.1) is 0 Å². The molecular weight excluding hydrogens is 315 g/mol. The van der Waals surface area contributed by atoms with Gasteiger partial charge in [-0.3, -0.25) is 0 Å². The molecule has 2 aliphatic heterocycles. The highest BCUT2D eigenvalue weighted by Gasteiger charge is 2.51. The van der Waals surface area contributed by atoms with Crippen molar-refractivity contribution >= 4 is 12.6 Å². The van der Waals surface area contributed by atoms with Crippen LogP contribution >= 0.6 is 0 Å². The Bertz CT molecular complexity index is 540. The van der Waals surface area contributed by atoms with Crippen LogP contribution in [0.25, 0.3) is 0 Å². The molecule has 6 heteroatoms. The molecule has 1 aromatic rings. The lowest BCUT2D eigenvalue weighted by atomic mass is 9.80. The lowest BCUT2D eigenvalue weighted by Crippen LogP contribution is -2.41. The molecule has 2 fully saturated rings. The van der Waals surface area contributed by atoms with Crippen LogP contribution in [0.4, 0.5) is 0 Å². The average molecular weight is 347 g/mol. The standard InChI is InChI=1S/C19H32BN2O3/c1-18(2)19(3,4)25-20(24-18)17-8-12-22(13-9-17)16-23-15-14-21-10-6-5-7-11-21/h8-9,12-13H,5-7,10-11,14-16H2,1-4H3/q+1. The molecule has 0 aromatic carbocycles. The number of aromatic nitrogens is 1. The van der Waals surface area contributed by atoms with Crippen LogP contribution in [0.1, 0.15) is 47.0 Å². The molecule has 0 unspecified atom stereocenters. The van der Waals surface area contributed by atoms with E-state index in [-0.39, 0.29) is 18.3 Å². The first-order valence-corrected chi connectivity index (χ1v) is 9.52. The Morgan fingerprint density at radius 2 is 1.64 bits per heavy atom. The second kappa shape index (κ2) is 7.74. The van der Waals surface area contributed by atoms with Crippen LogP contribution in [0.2, 0.25) is 0 Å². The monoisotopic (exact) mass is 347 g/mol. The van der Waals surface area contributed by atoms with Crippen molar-refractivity contribution in [2.75, 3.05) is 26.2 Å². The fourth-order valence-corrected chi connectivity index (χ4v) is 3.24. The summed E-state index contributed by atoms with van der Waals surface area (Å²) in [7, 11) is -0.306. The van der Waals surface area contributed by atoms with E-state index in [4.69, 9.17) is 14.0 Å². The van der Waals surface area contributed by atoms with Gasteiger partial charge in [0, 0.05) is 18.7 Å². The van der Waals surface area contributed by atoms with Crippen molar-refractivity contribution in [2.24, 2.45) is 0 Å². The molecule has 0 amide bonds. The van der Waals surface area contributed by atoms with Crippen molar-refractivity contribution in [3.8, 4) is 0 Å². The number of hydrogen-bond acceptors (Lipinski definition) is 4. The van der Waals surface area contributed by atoms with Gasteiger partial charge >= 0.3 is 7.12 Å². The third kappa shape index (κ3) is 4.62. The summed E-state index contributed by atoms with van der Waals surface area (Å²) in [6.07, 6.45) is 8.09. The molecule has 5 nitrogen and oxygen atoms in total. The highest BCUT2D eigenvalue weighted by molar-refractivity contribution is 6.62. The first-order chi connectivity index (χ1) is 11.9. The van der Waals surface area contributed by atoms with Crippen molar-refractivity contribution in [1.29, 1.82) is 0 Å². The lowest BCUT2D eigenvalue weighted by molar-refractivity contribution is -0.732. The number of likely N-dealkylation sites (tertiary alicyclic amines) is 1. The van der Waals surface area contributed by atoms with Gasteiger partial charge in [0.25, 0.3) is 6.73 Å². The maximum atomic E-state index is 6.09. The van der Waals surface area contributed by atoms with E-state index in [2.05, 4.69) is 44.7 Å². The Balaban J connectivity index is 1.45. The Morgan fingerprint density at radius 1 is 1.04 bits per heavy atom. The van der Waals surface area contributed by atoms with Crippen molar-refractivity contribution in [2.45, 2.75) is 64.9 Å². The summed E-state index contributed by atoms with van der Waals surface area (Å²) in [5, 5.41) is 0. The number of rotatable bonds is 6. The van der Waals surface area contributed by atoms with Crippen molar-refractivity contribution < 1.29 is 18.6 Å². The summed E-state index contributed by atoms with van der Waals surface area (Å²) in [4.78, 5) is 2.50. The summed E-state index contributed by atoms with van der Waals surface area (Å²) < 4.78 is 20.0. The molecule has 0 aliphatic carbocycles. The van der Waals surface area contributed by atoms with Crippen LogP contribution in [0.3, 0.4) is 0 Å². The maximum absolute atomic E-state index is 6.09. The molecule has 3 rings (SSSR count). The fraction of sp³-hybridized carbons (Fsp3) is 0.737. The summed E-state index contributed by atoms with van der Waals surface area (Å²) in [6.45, 7) is 13.1. The van der Waals surface area contributed by atoms with Gasteiger partial charge in [-0.25, -0.2) is 0 Å². The van der Waals surface area contributed by atoms with E-state index in [0.29, 0.717) is 6.73 Å². The quantitative estimate of drug-likeness (QED) is 0.446. The Morgan fingerprint density at radius 3 is 2.24 bits per heavy atom. The van der Waals surface area contributed by atoms with E-state index >= 15 is 0 Å². The van der Waals surface area contributed by atoms with Gasteiger partial charge in [0.05, 0.1) is 17.8 Å². The van der Waals surface area contributed by atoms with E-state index in [9.17, 15) is 0 Å². The molecule has 0 N–H and O–H groups in total. The van der Waals surface area contributed by atoms with Gasteiger partial charge in [-0.1, -0.05) is 6.42 Å². The minimum atomic E-state index is -0.306. The highest BCUT2D eigenvalue weighted by atomic mass is 16.7. The van der Waals surface area contributed by atoms with Crippen molar-refractivity contribution in [1.82, 2.24) is 4.90 Å². The molecule has 138 valence electrons. The Hall–Kier alpha value is -0.945. The molecule has 0 radical (unpaired) electrons. The minimum absolute atomic E-state index is 0.305. The molecule has 1 aromatic heterocycles. The molecule has 0 saturated carbocycles. The Kier molecular flexibility index (Phi) is 5.83. The lowest BCUT2D eigenvalue weighted by Gasteiger charge is -2.32. The zero-order chi connectivity index (χ0) is 17.9. The smallest absolute Gasteiger partial charge is 0.399 e. The SMILES string of the molecule is CC1(C)OB(c2cc[n+](COCCN3CCCCC3)cc2)OC1(C)C. The van der Waals surface area contributed by atoms with Gasteiger partial charge < -0.3 is 18.9 Å². The molecule has 0 atom stereocenters. The van der Waals surface area contributed by atoms with E-state index in [1.54, 1.807) is 0 Å². The predicted octanol–water partition coefficient (Wildman–Crippen LogP) is 1.73. The minimum Gasteiger partial charge on any atom is -0.399 e. The molecule has 25 heavy (non-hydrogen) atoms. The second-order valence-electron chi connectivity index (χ2n) is 8.17. The van der Waals surface area contributed by atoms with Gasteiger partial charge in [-0.15, -0.1) is 0 Å². The van der Waals surface area contributed by atoms with Crippen molar-refractivity contribution in [3.05, 3.63) is 24.5 Å². The number of nitrogens with zero attached hydrogens (tertiary/aromatic N) is 2. The number of piperidine rings is 1. The predicted molar refractivity (Wildman–Crippen MR) is 98.6 cm³/mol. The first-order valence-electron chi connectivity index (χ1n) is 9.52. The molecule has 2 saturated heterocycles. The molecule has 0 spiro atoms. The van der Waals surface area contributed by atoms with E-state index in [1.165, 1.54) is 32.4 Å². The van der Waals surface area contributed by atoms with E-state index in [1.807, 2.05) is 17.0 Å². The number of pyridine rings is 1. The fourth-order valence-electron chi connectivity index (χ4n) is 3.24. The van der Waals surface area contributed by atoms with E-state index in [0.717, 1.165) is 18.6 Å². The summed E-state index contributed by atoms with van der Waals surface area (Å²) in [5.74, 6) is 0. The first kappa shape index (κ1) is 18.8. The van der Waals surface area contributed by atoms with Gasteiger partial charge in [0.1, 0.15) is 0 Å². The summed E-state index contributed by atoms with van der Waals surface area (Å²) >= 11 is 0. The third-order valence-corrected chi connectivity index (χ3v) is 5.68. The number of ether oxygens (including phenoxy) is 1. The van der Waals surface area contributed by atoms with Crippen LogP contribution in [-0.4, -0.2) is 49.5 Å². The summed E-state index contributed by atoms with van der Waals surface area (Å²) in [5.41, 5.74) is 0.436. The van der Waals surface area contributed by atoms with Gasteiger partial charge in [0.2, 0.25) is 0 Å². The van der Waals surface area contributed by atoms with Crippen LogP contribution in [0.5, 0.6) is 0 Å². The summed E-state index contributed by atoms with van der Waals surface area (Å²) in [6, 6.07) is 4.10. The van der Waals surface area contributed by atoms with Crippen LogP contribution in [0.15, 0.2) is 24.5 Å². The average Bonchev–Trinajstić information content (AvgIpc) is 2.81.